The van der Waals surface area contributed by atoms with Gasteiger partial charge in [-0.1, -0.05) is 149 Å². The molecule has 0 saturated heterocycles. The normalized spacial score (nSPS) is 13.1. The fourth-order valence-electron chi connectivity index (χ4n) is 14.4. The number of ether oxygens (including phenoxy) is 3. The Hall–Kier alpha value is -13.0. The van der Waals surface area contributed by atoms with E-state index in [1.54, 1.807) is 132 Å². The minimum atomic E-state index is -0.898. The Morgan fingerprint density at radius 1 is 0.420 bits per heavy atom. The molecule has 0 bridgehead atoms. The van der Waals surface area contributed by atoms with E-state index in [1.165, 1.54) is 33.4 Å². The van der Waals surface area contributed by atoms with Gasteiger partial charge in [0.1, 0.15) is 17.2 Å². The third-order valence-corrected chi connectivity index (χ3v) is 21.7. The molecule has 0 fully saturated rings. The van der Waals surface area contributed by atoms with Gasteiger partial charge in [-0.05, 0) is 130 Å². The van der Waals surface area contributed by atoms with Crippen LogP contribution >= 0.6 is 11.6 Å². The zero-order valence-corrected chi connectivity index (χ0v) is 70.9. The zero-order valence-electron chi connectivity index (χ0n) is 70.1. The molecular weight excluding hydrogens is 1530 g/mol. The Morgan fingerprint density at radius 3 is 1.18 bits per heavy atom. The van der Waals surface area contributed by atoms with Crippen molar-refractivity contribution >= 4 is 81.1 Å². The van der Waals surface area contributed by atoms with Crippen molar-refractivity contribution in [1.82, 2.24) is 43.4 Å². The number of amides is 4. The van der Waals surface area contributed by atoms with E-state index < -0.39 is 28.3 Å². The molecule has 0 aliphatic heterocycles. The molecule has 2 aliphatic carbocycles. The summed E-state index contributed by atoms with van der Waals surface area (Å²) < 4.78 is 20.2. The fraction of sp³-hybridized carbons (Fsp3) is 0.295. The van der Waals surface area contributed by atoms with Crippen LogP contribution in [0, 0.1) is 10.8 Å². The SMILES string of the molecule is CC(=O)Oc1ccc(-c2cn3c(O)c(Cc4ccccc4)cc3c(Cc3ccccc3)n2)cc1.CC(=O)Oc1ccc(-c2cn3c(OC(=O)N(C)CCN(C)C(=O)CC(C)(C)C4=C(C)C(=O)C(C)=C(C)C4=O)c(Cc4ccccc4)nc3c(Cc3ccccc3)n2)cc1.CC1=C(C)C(=O)C(C(C)(C)CC(=O)N(C)CCN(C)C(=O)Cl)=C(C)C1=O. The molecule has 0 radical (unpaired) electrons. The number of benzene rings is 6. The van der Waals surface area contributed by atoms with Gasteiger partial charge >= 0.3 is 23.4 Å². The molecule has 0 spiro atoms. The number of ketones is 4. The smallest absolute Gasteiger partial charge is 0.416 e. The van der Waals surface area contributed by atoms with Crippen LogP contribution in [0.25, 0.3) is 33.7 Å². The summed E-state index contributed by atoms with van der Waals surface area (Å²) in [4.78, 5) is 146. The number of allylic oxidation sites excluding steroid dienone is 8. The molecule has 119 heavy (non-hydrogen) atoms. The molecule has 0 atom stereocenters. The van der Waals surface area contributed by atoms with Gasteiger partial charge in [0.15, 0.2) is 34.7 Å². The highest BCUT2D eigenvalue weighted by atomic mass is 35.5. The van der Waals surface area contributed by atoms with E-state index in [2.05, 4.69) is 24.3 Å². The maximum Gasteiger partial charge on any atom is 0.416 e. The van der Waals surface area contributed by atoms with Gasteiger partial charge in [0.2, 0.25) is 17.7 Å². The molecule has 10 aromatic rings. The average Bonchev–Trinajstić information content (AvgIpc) is 1.19. The standard InChI is InChI=1S/C47H49N5O7.C29H24N2O3.C19H27ClN2O4/c1-29-30(2)43(56)41(31(3)42(29)55)47(5,6)27-40(54)50(7)23-24-51(8)46(57)59-45-38(26-34-17-13-10-14-18-34)49-44-37(25-33-15-11-9-12-16-33)48-39(28-52(44)45)35-19-21-36(22-20-35)58-32(4)53;1-20(32)34-25-14-12-23(13-15-25)27-19-31-28(26(30-27)17-22-10-6-3-7-11-22)18-24(29(31)33)16-21-8-4-2-5-9-21;1-11-12(2)17(25)15(13(3)16(11)24)19(4,5)10-14(23)21(6)8-9-22(7)18(20)26/h9-22,28H,23-27H2,1-8H3;2-15,18-19,33H,16-17H2,1H3;8-10H2,1-7H3. The largest absolute Gasteiger partial charge is 0.494 e. The van der Waals surface area contributed by atoms with Crippen molar-refractivity contribution in [1.29, 1.82) is 0 Å². The van der Waals surface area contributed by atoms with Crippen molar-refractivity contribution in [2.45, 2.75) is 122 Å². The Morgan fingerprint density at radius 2 is 0.773 bits per heavy atom. The molecule has 2 aliphatic rings. The second-order valence-electron chi connectivity index (χ2n) is 31.4. The fourth-order valence-corrected chi connectivity index (χ4v) is 14.5. The van der Waals surface area contributed by atoms with Gasteiger partial charge < -0.3 is 38.9 Å². The van der Waals surface area contributed by atoms with Crippen molar-refractivity contribution in [2.75, 3.05) is 54.4 Å². The van der Waals surface area contributed by atoms with Crippen molar-refractivity contribution in [3.05, 3.63) is 278 Å². The molecule has 6 aromatic carbocycles. The van der Waals surface area contributed by atoms with Gasteiger partial charge in [-0.15, -0.1) is 0 Å². The molecule has 616 valence electrons. The number of aromatic hydroxyl groups is 1. The van der Waals surface area contributed by atoms with Crippen molar-refractivity contribution < 1.29 is 67.3 Å². The minimum Gasteiger partial charge on any atom is -0.494 e. The molecule has 4 amide bonds. The second kappa shape index (κ2) is 38.4. The van der Waals surface area contributed by atoms with Crippen LogP contribution < -0.4 is 14.2 Å². The maximum atomic E-state index is 13.9. The van der Waals surface area contributed by atoms with Crippen LogP contribution in [0.1, 0.15) is 141 Å². The van der Waals surface area contributed by atoms with Gasteiger partial charge in [-0.3, -0.25) is 52.0 Å². The van der Waals surface area contributed by atoms with E-state index >= 15 is 0 Å². The number of carbonyl (C=O) groups is 10. The topological polar surface area (TPSA) is 279 Å². The summed E-state index contributed by atoms with van der Waals surface area (Å²) in [5.41, 5.74) is 13.1. The van der Waals surface area contributed by atoms with Gasteiger partial charge in [0.05, 0.1) is 28.3 Å². The summed E-state index contributed by atoms with van der Waals surface area (Å²) in [6.07, 6.45) is 5.15. The summed E-state index contributed by atoms with van der Waals surface area (Å²) >= 11 is 5.37. The number of fused-ring (bicyclic) bond motifs is 2. The molecule has 0 unspecified atom stereocenters. The van der Waals surface area contributed by atoms with Crippen LogP contribution in [-0.4, -0.2) is 161 Å². The molecule has 1 N–H and O–H groups in total. The van der Waals surface area contributed by atoms with E-state index in [-0.39, 0.29) is 78.6 Å². The number of aromatic nitrogens is 5. The van der Waals surface area contributed by atoms with E-state index in [9.17, 15) is 53.1 Å². The summed E-state index contributed by atoms with van der Waals surface area (Å²) in [5.74, 6) is -0.573. The Bertz CT molecular complexity index is 5690. The zero-order chi connectivity index (χ0) is 86.5. The molecule has 23 nitrogen and oxygen atoms in total. The first-order valence-electron chi connectivity index (χ1n) is 39.1. The predicted octanol–water partition coefficient (Wildman–Crippen LogP) is 16.4. The van der Waals surface area contributed by atoms with Crippen LogP contribution in [0.15, 0.2) is 233 Å². The third-order valence-electron chi connectivity index (χ3n) is 21.4. The van der Waals surface area contributed by atoms with Crippen molar-refractivity contribution in [3.8, 4) is 45.8 Å². The molecule has 12 rings (SSSR count). The number of hydrogen-bond acceptors (Lipinski definition) is 17. The number of imidazole rings is 1. The maximum absolute atomic E-state index is 13.9. The number of Topliss-reactive ketones (excluding diaryl/α,β-unsaturated/α-hetero) is 4. The molecular formula is C95H100ClN9O14. The van der Waals surface area contributed by atoms with E-state index in [0.717, 1.165) is 55.8 Å². The quantitative estimate of drug-likeness (QED) is 0.0183. The van der Waals surface area contributed by atoms with Gasteiger partial charge in [-0.25, -0.2) is 19.7 Å². The highest BCUT2D eigenvalue weighted by molar-refractivity contribution is 6.62. The monoisotopic (exact) mass is 1630 g/mol. The summed E-state index contributed by atoms with van der Waals surface area (Å²) in [6.45, 7) is 20.7. The van der Waals surface area contributed by atoms with E-state index in [4.69, 9.17) is 40.8 Å². The Balaban J connectivity index is 0.000000209. The highest BCUT2D eigenvalue weighted by Crippen LogP contribution is 2.42. The second-order valence-corrected chi connectivity index (χ2v) is 31.7. The number of nitrogens with zero attached hydrogens (tertiary/aromatic N) is 9. The number of halogens is 1. The van der Waals surface area contributed by atoms with E-state index in [0.29, 0.717) is 118 Å². The highest BCUT2D eigenvalue weighted by Gasteiger charge is 2.41. The first-order valence-corrected chi connectivity index (χ1v) is 39.4. The van der Waals surface area contributed by atoms with Crippen LogP contribution in [0.5, 0.6) is 23.3 Å². The molecule has 0 saturated carbocycles. The van der Waals surface area contributed by atoms with Crippen molar-refractivity contribution in [3.63, 3.8) is 0 Å². The summed E-state index contributed by atoms with van der Waals surface area (Å²) in [5, 5.41) is 10.5. The van der Waals surface area contributed by atoms with Gasteiger partial charge in [0.25, 0.3) is 0 Å². The molecule has 4 heterocycles. The first kappa shape index (κ1) is 88.3. The minimum absolute atomic E-state index is 0.00545. The van der Waals surface area contributed by atoms with Crippen LogP contribution in [0.4, 0.5) is 9.59 Å². The summed E-state index contributed by atoms with van der Waals surface area (Å²) in [6, 6.07) is 56.2. The number of carbonyl (C=O) groups excluding carboxylic acids is 10. The number of hydrogen-bond donors (Lipinski definition) is 1. The lowest BCUT2D eigenvalue weighted by Crippen LogP contribution is -2.40. The van der Waals surface area contributed by atoms with E-state index in [1.807, 2.05) is 138 Å². The first-order chi connectivity index (χ1) is 56.4. The predicted molar refractivity (Wildman–Crippen MR) is 457 cm³/mol. The number of rotatable bonds is 25. The van der Waals surface area contributed by atoms with Crippen LogP contribution in [0.2, 0.25) is 0 Å². The third kappa shape index (κ3) is 21.6. The summed E-state index contributed by atoms with van der Waals surface area (Å²) in [7, 11) is 6.43. The van der Waals surface area contributed by atoms with Crippen LogP contribution in [-0.2, 0) is 64.0 Å². The van der Waals surface area contributed by atoms with Gasteiger partial charge in [-0.2, -0.15) is 0 Å². The number of esters is 2. The molecule has 4 aromatic heterocycles. The average molecular weight is 1630 g/mol. The lowest BCUT2D eigenvalue weighted by atomic mass is 9.71. The van der Waals surface area contributed by atoms with Gasteiger partial charge in [0, 0.05) is 191 Å². The lowest BCUT2D eigenvalue weighted by Gasteiger charge is -2.33. The Labute approximate surface area is 698 Å². The van der Waals surface area contributed by atoms with Crippen molar-refractivity contribution in [2.24, 2.45) is 10.8 Å². The van der Waals surface area contributed by atoms with Crippen LogP contribution in [0.3, 0.4) is 0 Å². The molecule has 24 heteroatoms. The lowest BCUT2D eigenvalue weighted by molar-refractivity contribution is -0.132. The number of likely N-dealkylation sites (N-methyl/N-ethyl adjacent to an activating group) is 4. The Kier molecular flexibility index (Phi) is 28.5.